The highest BCUT2D eigenvalue weighted by Gasteiger charge is 2.20. The zero-order chi connectivity index (χ0) is 16.8. The van der Waals surface area contributed by atoms with Gasteiger partial charge in [0.25, 0.3) is 0 Å². The second kappa shape index (κ2) is 8.62. The number of nitrogens with zero attached hydrogens (tertiary/aromatic N) is 1. The first-order chi connectivity index (χ1) is 10.9. The van der Waals surface area contributed by atoms with E-state index in [0.29, 0.717) is 11.0 Å². The maximum absolute atomic E-state index is 5.84. The van der Waals surface area contributed by atoms with Crippen molar-refractivity contribution in [3.8, 4) is 0 Å². The molecule has 0 aromatic heterocycles. The third kappa shape index (κ3) is 6.09. The first kappa shape index (κ1) is 18.2. The van der Waals surface area contributed by atoms with Crippen LogP contribution in [0.5, 0.6) is 0 Å². The minimum absolute atomic E-state index is 0.195. The van der Waals surface area contributed by atoms with E-state index < -0.39 is 0 Å². The van der Waals surface area contributed by atoms with E-state index in [1.54, 1.807) is 0 Å². The maximum Gasteiger partial charge on any atom is 0.170 e. The second-order valence-corrected chi connectivity index (χ2v) is 7.21. The Morgan fingerprint density at radius 3 is 2.91 bits per heavy atom. The van der Waals surface area contributed by atoms with Crippen LogP contribution in [0.2, 0.25) is 0 Å². The first-order valence-electron chi connectivity index (χ1n) is 8.40. The molecule has 0 radical (unpaired) electrons. The van der Waals surface area contributed by atoms with E-state index >= 15 is 0 Å². The molecule has 1 aliphatic heterocycles. The maximum atomic E-state index is 5.84. The van der Waals surface area contributed by atoms with E-state index in [4.69, 9.17) is 17.0 Å². The molecule has 1 aromatic carbocycles. The molecule has 1 fully saturated rings. The Hall–Kier alpha value is -1.17. The number of nitrogens with one attached hydrogen (secondary N) is 2. The summed E-state index contributed by atoms with van der Waals surface area (Å²) < 4.78 is 5.84. The molecule has 0 bridgehead atoms. The van der Waals surface area contributed by atoms with Crippen LogP contribution in [0.25, 0.3) is 0 Å². The van der Waals surface area contributed by atoms with Crippen molar-refractivity contribution in [1.82, 2.24) is 10.2 Å². The average Bonchev–Trinajstić information content (AvgIpc) is 2.49. The Kier molecular flexibility index (Phi) is 6.81. The van der Waals surface area contributed by atoms with Gasteiger partial charge in [0.05, 0.1) is 12.7 Å². The van der Waals surface area contributed by atoms with Gasteiger partial charge in [-0.05, 0) is 49.2 Å². The van der Waals surface area contributed by atoms with Crippen LogP contribution >= 0.6 is 12.2 Å². The normalized spacial score (nSPS) is 18.9. The Morgan fingerprint density at radius 2 is 2.17 bits per heavy atom. The van der Waals surface area contributed by atoms with Crippen molar-refractivity contribution in [1.29, 1.82) is 0 Å². The van der Waals surface area contributed by atoms with Crippen LogP contribution in [0.1, 0.15) is 25.0 Å². The lowest BCUT2D eigenvalue weighted by Crippen LogP contribution is -2.48. The summed E-state index contributed by atoms with van der Waals surface area (Å²) in [6.45, 7) is 13.3. The molecule has 1 heterocycles. The lowest BCUT2D eigenvalue weighted by molar-refractivity contribution is -0.0283. The van der Waals surface area contributed by atoms with Crippen LogP contribution < -0.4 is 10.6 Å². The highest BCUT2D eigenvalue weighted by atomic mass is 32.1. The van der Waals surface area contributed by atoms with Crippen molar-refractivity contribution in [3.05, 3.63) is 29.3 Å². The molecule has 1 atom stereocenters. The molecule has 2 rings (SSSR count). The van der Waals surface area contributed by atoms with E-state index in [9.17, 15) is 0 Å². The molecule has 0 aliphatic carbocycles. The van der Waals surface area contributed by atoms with Crippen LogP contribution in [-0.4, -0.2) is 48.9 Å². The van der Waals surface area contributed by atoms with Gasteiger partial charge in [-0.25, -0.2) is 0 Å². The number of morpholine rings is 1. The lowest BCUT2D eigenvalue weighted by atomic mass is 10.1. The topological polar surface area (TPSA) is 36.5 Å². The fourth-order valence-electron chi connectivity index (χ4n) is 2.83. The number of ether oxygens (including phenoxy) is 1. The average molecular weight is 336 g/mol. The Labute approximate surface area is 145 Å². The van der Waals surface area contributed by atoms with E-state index in [-0.39, 0.29) is 6.10 Å². The molecule has 0 spiro atoms. The fraction of sp³-hybridized carbons (Fsp3) is 0.611. The van der Waals surface area contributed by atoms with Crippen molar-refractivity contribution in [2.75, 3.05) is 38.1 Å². The zero-order valence-corrected chi connectivity index (χ0v) is 15.5. The Morgan fingerprint density at radius 1 is 1.39 bits per heavy atom. The van der Waals surface area contributed by atoms with Gasteiger partial charge in [-0.2, -0.15) is 0 Å². The summed E-state index contributed by atoms with van der Waals surface area (Å²) in [5.41, 5.74) is 3.48. The molecular formula is C18H29N3OS. The smallest absolute Gasteiger partial charge is 0.170 e. The van der Waals surface area contributed by atoms with Gasteiger partial charge >= 0.3 is 0 Å². The lowest BCUT2D eigenvalue weighted by Gasteiger charge is -2.34. The van der Waals surface area contributed by atoms with Crippen LogP contribution in [0.15, 0.2) is 18.2 Å². The highest BCUT2D eigenvalue weighted by molar-refractivity contribution is 7.80. The van der Waals surface area contributed by atoms with Gasteiger partial charge in [0.2, 0.25) is 0 Å². The molecule has 128 valence electrons. The summed E-state index contributed by atoms with van der Waals surface area (Å²) in [7, 11) is 0. The summed E-state index contributed by atoms with van der Waals surface area (Å²) in [5.74, 6) is 0.689. The van der Waals surface area contributed by atoms with Crippen molar-refractivity contribution < 1.29 is 4.74 Å². The van der Waals surface area contributed by atoms with Gasteiger partial charge in [-0.15, -0.1) is 0 Å². The van der Waals surface area contributed by atoms with Crippen LogP contribution in [0, 0.1) is 19.8 Å². The third-order valence-corrected chi connectivity index (χ3v) is 4.22. The fourth-order valence-corrected chi connectivity index (χ4v) is 3.02. The number of rotatable bonds is 5. The molecule has 1 aromatic rings. The third-order valence-electron chi connectivity index (χ3n) is 3.98. The van der Waals surface area contributed by atoms with Gasteiger partial charge in [0.15, 0.2) is 5.11 Å². The quantitative estimate of drug-likeness (QED) is 0.809. The van der Waals surface area contributed by atoms with Crippen molar-refractivity contribution >= 4 is 23.0 Å². The van der Waals surface area contributed by atoms with Crippen molar-refractivity contribution in [2.45, 2.75) is 33.8 Å². The summed E-state index contributed by atoms with van der Waals surface area (Å²) in [6.07, 6.45) is 0.195. The molecule has 1 saturated heterocycles. The number of hydrogen-bond donors (Lipinski definition) is 2. The summed E-state index contributed by atoms with van der Waals surface area (Å²) in [5, 5.41) is 7.23. The predicted molar refractivity (Wildman–Crippen MR) is 101 cm³/mol. The molecular weight excluding hydrogens is 306 g/mol. The molecule has 4 nitrogen and oxygen atoms in total. The molecule has 0 unspecified atom stereocenters. The van der Waals surface area contributed by atoms with Gasteiger partial charge in [-0.1, -0.05) is 26.0 Å². The molecule has 1 aliphatic rings. The SMILES string of the molecule is Cc1ccc(C)c(NC(=S)NC[C@H]2CN(CC(C)C)CCO2)c1. The number of hydrogen-bond acceptors (Lipinski definition) is 3. The van der Waals surface area contributed by atoms with Gasteiger partial charge < -0.3 is 15.4 Å². The Balaban J connectivity index is 1.78. The predicted octanol–water partition coefficient (Wildman–Crippen LogP) is 2.95. The molecule has 0 amide bonds. The van der Waals surface area contributed by atoms with Crippen LogP contribution in [0.3, 0.4) is 0 Å². The highest BCUT2D eigenvalue weighted by Crippen LogP contribution is 2.16. The van der Waals surface area contributed by atoms with E-state index in [0.717, 1.165) is 38.5 Å². The number of aryl methyl sites for hydroxylation is 2. The second-order valence-electron chi connectivity index (χ2n) is 6.80. The van der Waals surface area contributed by atoms with Gasteiger partial charge in [0, 0.05) is 31.9 Å². The van der Waals surface area contributed by atoms with E-state index in [1.807, 2.05) is 0 Å². The standard InChI is InChI=1S/C18H29N3OS/c1-13(2)11-21-7-8-22-16(12-21)10-19-18(23)20-17-9-14(3)5-6-15(17)4/h5-6,9,13,16H,7-8,10-12H2,1-4H3,(H2,19,20,23)/t16-/m0/s1. The summed E-state index contributed by atoms with van der Waals surface area (Å²) in [4.78, 5) is 2.47. The largest absolute Gasteiger partial charge is 0.374 e. The van der Waals surface area contributed by atoms with Crippen LogP contribution in [0.4, 0.5) is 5.69 Å². The number of thiocarbonyl (C=S) groups is 1. The molecule has 2 N–H and O–H groups in total. The Bertz CT molecular complexity index is 533. The van der Waals surface area contributed by atoms with E-state index in [2.05, 4.69) is 61.4 Å². The minimum atomic E-state index is 0.195. The molecule has 0 saturated carbocycles. The van der Waals surface area contributed by atoms with E-state index in [1.165, 1.54) is 11.1 Å². The van der Waals surface area contributed by atoms with Crippen molar-refractivity contribution in [3.63, 3.8) is 0 Å². The first-order valence-corrected chi connectivity index (χ1v) is 8.81. The number of benzene rings is 1. The minimum Gasteiger partial charge on any atom is -0.374 e. The monoisotopic (exact) mass is 335 g/mol. The molecule has 23 heavy (non-hydrogen) atoms. The van der Waals surface area contributed by atoms with Crippen LogP contribution in [-0.2, 0) is 4.74 Å². The summed E-state index contributed by atoms with van der Waals surface area (Å²) >= 11 is 5.42. The van der Waals surface area contributed by atoms with Crippen molar-refractivity contribution in [2.24, 2.45) is 5.92 Å². The van der Waals surface area contributed by atoms with Gasteiger partial charge in [-0.3, -0.25) is 4.90 Å². The summed E-state index contributed by atoms with van der Waals surface area (Å²) in [6, 6.07) is 6.33. The van der Waals surface area contributed by atoms with Gasteiger partial charge in [0.1, 0.15) is 0 Å². The molecule has 5 heteroatoms. The number of anilines is 1. The zero-order valence-electron chi connectivity index (χ0n) is 14.7.